The third-order valence-corrected chi connectivity index (χ3v) is 3.47. The van der Waals surface area contributed by atoms with Crippen LogP contribution in [-0.4, -0.2) is 23.6 Å². The van der Waals surface area contributed by atoms with E-state index >= 15 is 0 Å². The highest BCUT2D eigenvalue weighted by molar-refractivity contribution is 7.12. The number of benzene rings is 1. The molecule has 0 spiro atoms. The van der Waals surface area contributed by atoms with Crippen molar-refractivity contribution >= 4 is 23.2 Å². The summed E-state index contributed by atoms with van der Waals surface area (Å²) in [6, 6.07) is 7.25. The Labute approximate surface area is 124 Å². The van der Waals surface area contributed by atoms with E-state index in [4.69, 9.17) is 9.84 Å². The predicted molar refractivity (Wildman–Crippen MR) is 75.0 cm³/mol. The SMILES string of the molecule is O=C(COc1ccsc1C(=O)O)NCc1ccc(F)cc1. The van der Waals surface area contributed by atoms with Crippen LogP contribution in [0.25, 0.3) is 0 Å². The lowest BCUT2D eigenvalue weighted by Crippen LogP contribution is -2.28. The summed E-state index contributed by atoms with van der Waals surface area (Å²) in [5.74, 6) is -1.65. The Kier molecular flexibility index (Phi) is 4.89. The van der Waals surface area contributed by atoms with Gasteiger partial charge in [-0.15, -0.1) is 11.3 Å². The average molecular weight is 309 g/mol. The van der Waals surface area contributed by atoms with Gasteiger partial charge in [-0.3, -0.25) is 4.79 Å². The number of nitrogens with one attached hydrogen (secondary N) is 1. The molecule has 0 atom stereocenters. The molecule has 1 aromatic heterocycles. The van der Waals surface area contributed by atoms with Gasteiger partial charge in [0, 0.05) is 6.54 Å². The number of hydrogen-bond donors (Lipinski definition) is 2. The molecule has 0 aliphatic rings. The molecule has 1 heterocycles. The van der Waals surface area contributed by atoms with Gasteiger partial charge in [0.25, 0.3) is 5.91 Å². The Morgan fingerprint density at radius 1 is 1.24 bits per heavy atom. The highest BCUT2D eigenvalue weighted by Crippen LogP contribution is 2.24. The van der Waals surface area contributed by atoms with E-state index in [0.29, 0.717) is 0 Å². The first-order valence-corrected chi connectivity index (χ1v) is 6.89. The normalized spacial score (nSPS) is 10.1. The summed E-state index contributed by atoms with van der Waals surface area (Å²) in [7, 11) is 0. The molecule has 7 heteroatoms. The van der Waals surface area contributed by atoms with Crippen LogP contribution in [0.3, 0.4) is 0 Å². The van der Waals surface area contributed by atoms with Crippen molar-refractivity contribution in [3.63, 3.8) is 0 Å². The Morgan fingerprint density at radius 2 is 1.95 bits per heavy atom. The van der Waals surface area contributed by atoms with Gasteiger partial charge in [-0.25, -0.2) is 9.18 Å². The Bertz CT molecular complexity index is 639. The maximum absolute atomic E-state index is 12.7. The molecule has 2 aromatic rings. The van der Waals surface area contributed by atoms with Crippen LogP contribution in [0.15, 0.2) is 35.7 Å². The lowest BCUT2D eigenvalue weighted by molar-refractivity contribution is -0.123. The van der Waals surface area contributed by atoms with Crippen LogP contribution in [0, 0.1) is 5.82 Å². The second-order valence-electron chi connectivity index (χ2n) is 4.11. The van der Waals surface area contributed by atoms with Crippen LogP contribution in [-0.2, 0) is 11.3 Å². The van der Waals surface area contributed by atoms with Crippen LogP contribution < -0.4 is 10.1 Å². The van der Waals surface area contributed by atoms with E-state index in [-0.39, 0.29) is 35.5 Å². The molecule has 0 saturated heterocycles. The van der Waals surface area contributed by atoms with Crippen LogP contribution in [0.2, 0.25) is 0 Å². The van der Waals surface area contributed by atoms with Crippen molar-refractivity contribution in [2.75, 3.05) is 6.61 Å². The second kappa shape index (κ2) is 6.85. The first kappa shape index (κ1) is 15.0. The van der Waals surface area contributed by atoms with E-state index < -0.39 is 5.97 Å². The summed E-state index contributed by atoms with van der Waals surface area (Å²) >= 11 is 1.03. The zero-order valence-electron chi connectivity index (χ0n) is 10.8. The number of carbonyl (C=O) groups excluding carboxylic acids is 1. The molecule has 0 unspecified atom stereocenters. The fourth-order valence-corrected chi connectivity index (χ4v) is 2.24. The minimum atomic E-state index is -1.09. The van der Waals surface area contributed by atoms with E-state index in [1.807, 2.05) is 0 Å². The summed E-state index contributed by atoms with van der Waals surface area (Å²) in [6.45, 7) is -0.0316. The molecule has 2 rings (SSSR count). The van der Waals surface area contributed by atoms with Gasteiger partial charge >= 0.3 is 5.97 Å². The van der Waals surface area contributed by atoms with E-state index in [0.717, 1.165) is 16.9 Å². The molecule has 5 nitrogen and oxygen atoms in total. The fraction of sp³-hybridized carbons (Fsp3) is 0.143. The second-order valence-corrected chi connectivity index (χ2v) is 5.03. The zero-order valence-corrected chi connectivity index (χ0v) is 11.7. The van der Waals surface area contributed by atoms with Gasteiger partial charge in [0.2, 0.25) is 0 Å². The lowest BCUT2D eigenvalue weighted by atomic mass is 10.2. The molecule has 0 aliphatic carbocycles. The molecule has 0 aliphatic heterocycles. The summed E-state index contributed by atoms with van der Waals surface area (Å²) < 4.78 is 17.9. The van der Waals surface area contributed by atoms with Gasteiger partial charge in [0.05, 0.1) is 0 Å². The first-order valence-electron chi connectivity index (χ1n) is 6.01. The predicted octanol–water partition coefficient (Wildman–Crippen LogP) is 2.28. The van der Waals surface area contributed by atoms with Gasteiger partial charge in [0.15, 0.2) is 11.5 Å². The minimum absolute atomic E-state index is 0.0568. The summed E-state index contributed by atoms with van der Waals surface area (Å²) in [4.78, 5) is 22.5. The summed E-state index contributed by atoms with van der Waals surface area (Å²) in [5, 5.41) is 13.1. The number of carbonyl (C=O) groups is 2. The van der Waals surface area contributed by atoms with Crippen molar-refractivity contribution in [1.29, 1.82) is 0 Å². The summed E-state index contributed by atoms with van der Waals surface area (Å²) in [5.41, 5.74) is 0.756. The van der Waals surface area contributed by atoms with Crippen LogP contribution >= 0.6 is 11.3 Å². The van der Waals surface area contributed by atoms with E-state index in [1.54, 1.807) is 17.5 Å². The monoisotopic (exact) mass is 309 g/mol. The topological polar surface area (TPSA) is 75.6 Å². The van der Waals surface area contributed by atoms with Gasteiger partial charge < -0.3 is 15.2 Å². The number of aromatic carboxylic acids is 1. The smallest absolute Gasteiger partial charge is 0.349 e. The zero-order chi connectivity index (χ0) is 15.2. The Morgan fingerprint density at radius 3 is 2.62 bits per heavy atom. The average Bonchev–Trinajstić information content (AvgIpc) is 2.93. The number of carboxylic acid groups (broad SMARTS) is 1. The minimum Gasteiger partial charge on any atom is -0.482 e. The largest absolute Gasteiger partial charge is 0.482 e. The number of rotatable bonds is 6. The highest BCUT2D eigenvalue weighted by atomic mass is 32.1. The third-order valence-electron chi connectivity index (χ3n) is 2.59. The standard InChI is InChI=1S/C14H12FNO4S/c15-10-3-1-9(2-4-10)7-16-12(17)8-20-11-5-6-21-13(11)14(18)19/h1-6H,7-8H2,(H,16,17)(H,18,19). The molecule has 0 bridgehead atoms. The van der Waals surface area contributed by atoms with Crippen molar-refractivity contribution in [3.05, 3.63) is 52.0 Å². The molecule has 21 heavy (non-hydrogen) atoms. The van der Waals surface area contributed by atoms with Gasteiger partial charge in [0.1, 0.15) is 11.6 Å². The molecular formula is C14H12FNO4S. The lowest BCUT2D eigenvalue weighted by Gasteiger charge is -2.07. The van der Waals surface area contributed by atoms with Crippen molar-refractivity contribution in [3.8, 4) is 5.75 Å². The Hall–Kier alpha value is -2.41. The van der Waals surface area contributed by atoms with Crippen LogP contribution in [0.5, 0.6) is 5.75 Å². The highest BCUT2D eigenvalue weighted by Gasteiger charge is 2.14. The number of amides is 1. The third kappa shape index (κ3) is 4.28. The molecule has 0 fully saturated rings. The number of thiophene rings is 1. The van der Waals surface area contributed by atoms with Crippen molar-refractivity contribution in [2.45, 2.75) is 6.54 Å². The number of halogens is 1. The maximum atomic E-state index is 12.7. The van der Waals surface area contributed by atoms with Crippen LogP contribution in [0.1, 0.15) is 15.2 Å². The first-order chi connectivity index (χ1) is 10.1. The molecule has 1 aromatic carbocycles. The van der Waals surface area contributed by atoms with Crippen LogP contribution in [0.4, 0.5) is 4.39 Å². The van der Waals surface area contributed by atoms with Gasteiger partial charge in [-0.1, -0.05) is 12.1 Å². The molecule has 0 radical (unpaired) electrons. The molecule has 2 N–H and O–H groups in total. The maximum Gasteiger partial charge on any atom is 0.349 e. The molecule has 1 amide bonds. The van der Waals surface area contributed by atoms with Crippen molar-refractivity contribution in [1.82, 2.24) is 5.32 Å². The number of carboxylic acids is 1. The quantitative estimate of drug-likeness (QED) is 0.858. The van der Waals surface area contributed by atoms with E-state index in [2.05, 4.69) is 5.32 Å². The molecule has 0 saturated carbocycles. The fourth-order valence-electron chi connectivity index (χ4n) is 1.56. The van der Waals surface area contributed by atoms with Crippen molar-refractivity contribution in [2.24, 2.45) is 0 Å². The van der Waals surface area contributed by atoms with Gasteiger partial charge in [-0.05, 0) is 29.1 Å². The van der Waals surface area contributed by atoms with E-state index in [9.17, 15) is 14.0 Å². The number of hydrogen-bond acceptors (Lipinski definition) is 4. The molecule has 110 valence electrons. The number of ether oxygens (including phenoxy) is 1. The molecular weight excluding hydrogens is 297 g/mol. The van der Waals surface area contributed by atoms with Crippen molar-refractivity contribution < 1.29 is 23.8 Å². The van der Waals surface area contributed by atoms with Gasteiger partial charge in [-0.2, -0.15) is 0 Å². The summed E-state index contributed by atoms with van der Waals surface area (Å²) in [6.07, 6.45) is 0. The Balaban J connectivity index is 1.81. The van der Waals surface area contributed by atoms with E-state index in [1.165, 1.54) is 18.2 Å².